The SMILES string of the molecule is Cc1nc(NC2CC(F)(F)C2)nc(NC2CC(CS(C)(=O)=O)C(O)C2O)c1-c1nc2c(C)nccc2s1. The average molecular weight is 555 g/mol. The van der Waals surface area contributed by atoms with Crippen molar-refractivity contribution in [2.45, 2.75) is 63.3 Å². The molecule has 0 saturated heterocycles. The Hall–Kier alpha value is -2.55. The molecule has 4 N–H and O–H groups in total. The predicted molar refractivity (Wildman–Crippen MR) is 137 cm³/mol. The molecule has 3 aromatic rings. The Morgan fingerprint density at radius 1 is 1.11 bits per heavy atom. The van der Waals surface area contributed by atoms with Gasteiger partial charge in [-0.1, -0.05) is 0 Å². The van der Waals surface area contributed by atoms with Gasteiger partial charge in [-0.05, 0) is 26.3 Å². The van der Waals surface area contributed by atoms with Gasteiger partial charge in [-0.15, -0.1) is 11.3 Å². The van der Waals surface area contributed by atoms with Crippen LogP contribution in [0.1, 0.15) is 30.7 Å². The number of nitrogens with one attached hydrogen (secondary N) is 2. The fourth-order valence-corrected chi connectivity index (χ4v) is 7.25. The van der Waals surface area contributed by atoms with Crippen LogP contribution >= 0.6 is 11.3 Å². The molecule has 2 saturated carbocycles. The zero-order chi connectivity index (χ0) is 26.7. The summed E-state index contributed by atoms with van der Waals surface area (Å²) >= 11 is 1.41. The number of fused-ring (bicyclic) bond motifs is 1. The van der Waals surface area contributed by atoms with Gasteiger partial charge in [-0.25, -0.2) is 27.2 Å². The minimum absolute atomic E-state index is 0.156. The second-order valence-electron chi connectivity index (χ2n) is 10.0. The highest BCUT2D eigenvalue weighted by Crippen LogP contribution is 2.41. The van der Waals surface area contributed by atoms with Crippen LogP contribution in [0.5, 0.6) is 0 Å². The average Bonchev–Trinajstić information content (AvgIpc) is 3.29. The number of aromatic nitrogens is 4. The third-order valence-electron chi connectivity index (χ3n) is 6.86. The van der Waals surface area contributed by atoms with Crippen LogP contribution in [0.4, 0.5) is 20.5 Å². The predicted octanol–water partition coefficient (Wildman–Crippen LogP) is 2.54. The van der Waals surface area contributed by atoms with Crippen LogP contribution in [-0.2, 0) is 9.84 Å². The number of halogens is 2. The molecule has 4 atom stereocenters. The monoisotopic (exact) mass is 554 g/mol. The first-order chi connectivity index (χ1) is 17.3. The molecule has 0 amide bonds. The standard InChI is InChI=1S/C23H28F2N6O4S2/c1-10-16(21-30-17-11(2)26-5-4-15(17)36-21)20(31-22(27-10)28-13-7-23(24,25)8-13)29-14-6-12(9-37(3,34)35)18(32)19(14)33/h4-5,12-14,18-19,32-33H,6-9H2,1-3H3,(H2,27,28,29,31). The number of aliphatic hydroxyl groups is 2. The van der Waals surface area contributed by atoms with Crippen molar-refractivity contribution in [2.75, 3.05) is 22.6 Å². The lowest BCUT2D eigenvalue weighted by atomic mass is 9.88. The van der Waals surface area contributed by atoms with Crippen LogP contribution in [0.25, 0.3) is 20.8 Å². The molecule has 37 heavy (non-hydrogen) atoms. The first-order valence-electron chi connectivity index (χ1n) is 11.9. The van der Waals surface area contributed by atoms with Crippen LogP contribution < -0.4 is 10.6 Å². The van der Waals surface area contributed by atoms with Gasteiger partial charge in [0.2, 0.25) is 5.95 Å². The van der Waals surface area contributed by atoms with Crippen molar-refractivity contribution in [3.8, 4) is 10.6 Å². The molecule has 4 unspecified atom stereocenters. The molecule has 2 aliphatic carbocycles. The Labute approximate surface area is 216 Å². The fraction of sp³-hybridized carbons (Fsp3) is 0.565. The molecule has 0 aliphatic heterocycles. The summed E-state index contributed by atoms with van der Waals surface area (Å²) in [6, 6.07) is 0.683. The van der Waals surface area contributed by atoms with Gasteiger partial charge < -0.3 is 20.8 Å². The molecule has 5 rings (SSSR count). The number of aryl methyl sites for hydroxylation is 2. The summed E-state index contributed by atoms with van der Waals surface area (Å²) in [5, 5.41) is 28.0. The third-order valence-corrected chi connectivity index (χ3v) is 8.93. The summed E-state index contributed by atoms with van der Waals surface area (Å²) in [6.45, 7) is 3.61. The number of nitrogens with zero attached hydrogens (tertiary/aromatic N) is 4. The van der Waals surface area contributed by atoms with Crippen molar-refractivity contribution in [2.24, 2.45) is 5.92 Å². The van der Waals surface area contributed by atoms with Gasteiger partial charge in [0, 0.05) is 37.3 Å². The van der Waals surface area contributed by atoms with E-state index in [1.54, 1.807) is 13.1 Å². The van der Waals surface area contributed by atoms with Gasteiger partial charge >= 0.3 is 0 Å². The van der Waals surface area contributed by atoms with Gasteiger partial charge in [0.05, 0.1) is 39.5 Å². The van der Waals surface area contributed by atoms with E-state index in [9.17, 15) is 27.4 Å². The third kappa shape index (κ3) is 5.38. The van der Waals surface area contributed by atoms with Crippen molar-refractivity contribution in [3.63, 3.8) is 0 Å². The fourth-order valence-electron chi connectivity index (χ4n) is 5.03. The zero-order valence-corrected chi connectivity index (χ0v) is 22.1. The summed E-state index contributed by atoms with van der Waals surface area (Å²) < 4.78 is 51.3. The van der Waals surface area contributed by atoms with Crippen LogP contribution in [0.2, 0.25) is 0 Å². The highest BCUT2D eigenvalue weighted by atomic mass is 32.2. The lowest BCUT2D eigenvalue weighted by Gasteiger charge is -2.35. The van der Waals surface area contributed by atoms with Gasteiger partial charge in [-0.2, -0.15) is 4.98 Å². The second kappa shape index (κ2) is 9.33. The molecule has 0 aromatic carbocycles. The molecule has 200 valence electrons. The van der Waals surface area contributed by atoms with Crippen molar-refractivity contribution in [1.29, 1.82) is 0 Å². The van der Waals surface area contributed by atoms with Crippen molar-refractivity contribution < 1.29 is 27.4 Å². The Kier molecular flexibility index (Phi) is 6.57. The molecule has 2 fully saturated rings. The van der Waals surface area contributed by atoms with Crippen molar-refractivity contribution >= 4 is 43.2 Å². The van der Waals surface area contributed by atoms with Crippen LogP contribution in [0.15, 0.2) is 12.3 Å². The first kappa shape index (κ1) is 26.1. The number of pyridine rings is 1. The maximum Gasteiger partial charge on any atom is 0.252 e. The summed E-state index contributed by atoms with van der Waals surface area (Å²) in [5.41, 5.74) is 2.60. The summed E-state index contributed by atoms with van der Waals surface area (Å²) in [7, 11) is -3.37. The molecule has 3 heterocycles. The molecular formula is C23H28F2N6O4S2. The smallest absolute Gasteiger partial charge is 0.252 e. The highest BCUT2D eigenvalue weighted by molar-refractivity contribution is 7.90. The number of sulfone groups is 1. The van der Waals surface area contributed by atoms with Gasteiger partial charge in [0.15, 0.2) is 0 Å². The molecule has 0 radical (unpaired) electrons. The number of hydrogen-bond donors (Lipinski definition) is 4. The summed E-state index contributed by atoms with van der Waals surface area (Å²) in [6.07, 6.45) is -0.122. The minimum Gasteiger partial charge on any atom is -0.390 e. The number of aliphatic hydroxyl groups excluding tert-OH is 2. The Morgan fingerprint density at radius 3 is 2.49 bits per heavy atom. The van der Waals surface area contributed by atoms with Gasteiger partial charge in [0.1, 0.15) is 32.3 Å². The number of thiazole rings is 1. The summed E-state index contributed by atoms with van der Waals surface area (Å²) in [4.78, 5) is 18.1. The highest BCUT2D eigenvalue weighted by Gasteiger charge is 2.46. The normalized spacial score (nSPS) is 25.8. The van der Waals surface area contributed by atoms with Gasteiger partial charge in [0.25, 0.3) is 5.92 Å². The van der Waals surface area contributed by atoms with Crippen LogP contribution in [0.3, 0.4) is 0 Å². The summed E-state index contributed by atoms with van der Waals surface area (Å²) in [5.74, 6) is -3.16. The van der Waals surface area contributed by atoms with E-state index in [2.05, 4.69) is 25.6 Å². The largest absolute Gasteiger partial charge is 0.390 e. The number of hydrogen-bond acceptors (Lipinski definition) is 11. The van der Waals surface area contributed by atoms with E-state index in [1.807, 2.05) is 13.0 Å². The molecular weight excluding hydrogens is 526 g/mol. The Bertz CT molecular complexity index is 1440. The van der Waals surface area contributed by atoms with E-state index in [0.717, 1.165) is 22.2 Å². The maximum absolute atomic E-state index is 13.4. The van der Waals surface area contributed by atoms with Crippen LogP contribution in [0, 0.1) is 19.8 Å². The second-order valence-corrected chi connectivity index (χ2v) is 13.3. The topological polar surface area (TPSA) is 150 Å². The lowest BCUT2D eigenvalue weighted by Crippen LogP contribution is -2.44. The molecule has 10 nitrogen and oxygen atoms in total. The Morgan fingerprint density at radius 2 is 1.84 bits per heavy atom. The Balaban J connectivity index is 1.51. The van der Waals surface area contributed by atoms with E-state index in [-0.39, 0.29) is 31.0 Å². The molecule has 2 aliphatic rings. The molecule has 0 bridgehead atoms. The van der Waals surface area contributed by atoms with Crippen LogP contribution in [-0.4, -0.2) is 80.8 Å². The van der Waals surface area contributed by atoms with E-state index >= 15 is 0 Å². The molecule has 3 aromatic heterocycles. The lowest BCUT2D eigenvalue weighted by molar-refractivity contribution is -0.0794. The minimum atomic E-state index is -3.37. The van der Waals surface area contributed by atoms with E-state index in [0.29, 0.717) is 22.1 Å². The van der Waals surface area contributed by atoms with Gasteiger partial charge in [-0.3, -0.25) is 4.98 Å². The van der Waals surface area contributed by atoms with E-state index in [4.69, 9.17) is 4.98 Å². The first-order valence-corrected chi connectivity index (χ1v) is 14.7. The number of rotatable bonds is 7. The maximum atomic E-state index is 13.4. The molecule has 14 heteroatoms. The van der Waals surface area contributed by atoms with Crippen molar-refractivity contribution in [1.82, 2.24) is 19.9 Å². The van der Waals surface area contributed by atoms with Crippen molar-refractivity contribution in [3.05, 3.63) is 23.7 Å². The number of alkyl halides is 2. The van der Waals surface area contributed by atoms with E-state index < -0.39 is 46.0 Å². The van der Waals surface area contributed by atoms with E-state index in [1.165, 1.54) is 11.3 Å². The number of anilines is 2. The zero-order valence-electron chi connectivity index (χ0n) is 20.4. The quantitative estimate of drug-likeness (QED) is 0.343. The molecule has 0 spiro atoms.